The van der Waals surface area contributed by atoms with Gasteiger partial charge in [-0.05, 0) is 25.0 Å². The molecule has 14 heavy (non-hydrogen) atoms. The van der Waals surface area contributed by atoms with Gasteiger partial charge in [-0.2, -0.15) is 0 Å². The van der Waals surface area contributed by atoms with Crippen molar-refractivity contribution < 1.29 is 4.74 Å². The highest BCUT2D eigenvalue weighted by atomic mass is 16.5. The van der Waals surface area contributed by atoms with Gasteiger partial charge in [0.15, 0.2) is 0 Å². The largest absolute Gasteiger partial charge is 0.377 e. The monoisotopic (exact) mass is 194 g/mol. The van der Waals surface area contributed by atoms with E-state index in [9.17, 15) is 0 Å². The zero-order valence-electron chi connectivity index (χ0n) is 8.70. The third-order valence-corrected chi connectivity index (χ3v) is 2.75. The summed E-state index contributed by atoms with van der Waals surface area (Å²) < 4.78 is 7.67. The average Bonchev–Trinajstić information content (AvgIpc) is 2.78. The number of aromatic nitrogens is 1. The maximum absolute atomic E-state index is 5.53. The third kappa shape index (κ3) is 2.36. The number of aryl methyl sites for hydroxylation is 1. The van der Waals surface area contributed by atoms with Crippen LogP contribution in [0.4, 0.5) is 0 Å². The highest BCUT2D eigenvalue weighted by molar-refractivity contribution is 5.05. The molecule has 0 bridgehead atoms. The molecule has 1 atom stereocenters. The van der Waals surface area contributed by atoms with Crippen LogP contribution in [0.15, 0.2) is 18.3 Å². The minimum Gasteiger partial charge on any atom is -0.377 e. The van der Waals surface area contributed by atoms with E-state index in [-0.39, 0.29) is 0 Å². The lowest BCUT2D eigenvalue weighted by molar-refractivity contribution is 0.110. The van der Waals surface area contributed by atoms with Crippen LogP contribution in [-0.4, -0.2) is 23.8 Å². The maximum Gasteiger partial charge on any atom is 0.0700 e. The summed E-state index contributed by atoms with van der Waals surface area (Å²) in [7, 11) is 2.07. The van der Waals surface area contributed by atoms with E-state index in [1.165, 1.54) is 18.5 Å². The Morgan fingerprint density at radius 3 is 3.21 bits per heavy atom. The average molecular weight is 194 g/mol. The lowest BCUT2D eigenvalue weighted by atomic mass is 10.2. The fourth-order valence-electron chi connectivity index (χ4n) is 1.85. The quantitative estimate of drug-likeness (QED) is 0.781. The number of rotatable bonds is 4. The third-order valence-electron chi connectivity index (χ3n) is 2.75. The summed E-state index contributed by atoms with van der Waals surface area (Å²) in [5, 5.41) is 3.42. The molecule has 1 saturated heterocycles. The SMILES string of the molecule is Cn1cccc1CNC[C@H]1CCCO1. The Bertz CT molecular complexity index is 277. The second-order valence-electron chi connectivity index (χ2n) is 3.88. The molecule has 3 nitrogen and oxygen atoms in total. The van der Waals surface area contributed by atoms with Crippen LogP contribution in [-0.2, 0) is 18.3 Å². The normalized spacial score (nSPS) is 21.6. The second-order valence-corrected chi connectivity index (χ2v) is 3.88. The molecule has 0 spiro atoms. The number of nitrogens with zero attached hydrogens (tertiary/aromatic N) is 1. The van der Waals surface area contributed by atoms with E-state index in [0.29, 0.717) is 6.10 Å². The van der Waals surface area contributed by atoms with Crippen molar-refractivity contribution in [2.75, 3.05) is 13.2 Å². The molecule has 2 heterocycles. The standard InChI is InChI=1S/C11H18N2O/c1-13-6-2-4-10(13)8-12-9-11-5-3-7-14-11/h2,4,6,11-12H,3,5,7-9H2,1H3/t11-/m1/s1. The molecule has 1 N–H and O–H groups in total. The molecule has 0 amide bonds. The first kappa shape index (κ1) is 9.74. The van der Waals surface area contributed by atoms with Gasteiger partial charge in [-0.3, -0.25) is 0 Å². The molecule has 1 aliphatic heterocycles. The molecule has 1 aromatic heterocycles. The summed E-state index contributed by atoms with van der Waals surface area (Å²) in [6, 6.07) is 4.21. The van der Waals surface area contributed by atoms with Crippen LogP contribution >= 0.6 is 0 Å². The first-order valence-corrected chi connectivity index (χ1v) is 5.29. The van der Waals surface area contributed by atoms with Crippen LogP contribution in [0.2, 0.25) is 0 Å². The Morgan fingerprint density at radius 1 is 1.64 bits per heavy atom. The summed E-state index contributed by atoms with van der Waals surface area (Å²) in [6.45, 7) is 2.85. The molecule has 78 valence electrons. The van der Waals surface area contributed by atoms with Crippen molar-refractivity contribution in [1.82, 2.24) is 9.88 Å². The van der Waals surface area contributed by atoms with E-state index in [0.717, 1.165) is 19.7 Å². The molecule has 0 aliphatic carbocycles. The van der Waals surface area contributed by atoms with Gasteiger partial charge in [0.05, 0.1) is 6.10 Å². The Kier molecular flexibility index (Phi) is 3.22. The van der Waals surface area contributed by atoms with Crippen LogP contribution in [0.1, 0.15) is 18.5 Å². The fourth-order valence-corrected chi connectivity index (χ4v) is 1.85. The van der Waals surface area contributed by atoms with Crippen molar-refractivity contribution in [3.63, 3.8) is 0 Å². The fraction of sp³-hybridized carbons (Fsp3) is 0.636. The van der Waals surface area contributed by atoms with E-state index in [1.54, 1.807) is 0 Å². The van der Waals surface area contributed by atoms with Crippen LogP contribution in [0, 0.1) is 0 Å². The number of hydrogen-bond donors (Lipinski definition) is 1. The summed E-state index contributed by atoms with van der Waals surface area (Å²) in [5.41, 5.74) is 1.32. The van der Waals surface area contributed by atoms with E-state index in [4.69, 9.17) is 4.74 Å². The van der Waals surface area contributed by atoms with Crippen molar-refractivity contribution in [3.8, 4) is 0 Å². The van der Waals surface area contributed by atoms with E-state index >= 15 is 0 Å². The molecule has 1 aliphatic rings. The summed E-state index contributed by atoms with van der Waals surface area (Å²) >= 11 is 0. The van der Waals surface area contributed by atoms with Gasteiger partial charge in [-0.25, -0.2) is 0 Å². The molecule has 0 unspecified atom stereocenters. The van der Waals surface area contributed by atoms with Crippen molar-refractivity contribution in [2.45, 2.75) is 25.5 Å². The Morgan fingerprint density at radius 2 is 2.57 bits per heavy atom. The number of hydrogen-bond acceptors (Lipinski definition) is 2. The zero-order valence-corrected chi connectivity index (χ0v) is 8.70. The van der Waals surface area contributed by atoms with Crippen LogP contribution in [0.5, 0.6) is 0 Å². The molecule has 2 rings (SSSR count). The lowest BCUT2D eigenvalue weighted by Crippen LogP contribution is -2.26. The first-order valence-electron chi connectivity index (χ1n) is 5.29. The molecule has 3 heteroatoms. The van der Waals surface area contributed by atoms with Gasteiger partial charge in [0.2, 0.25) is 0 Å². The molecular weight excluding hydrogens is 176 g/mol. The molecular formula is C11H18N2O. The molecule has 0 saturated carbocycles. The van der Waals surface area contributed by atoms with Crippen molar-refractivity contribution in [2.24, 2.45) is 7.05 Å². The van der Waals surface area contributed by atoms with Gasteiger partial charge in [0.1, 0.15) is 0 Å². The first-order chi connectivity index (χ1) is 6.86. The maximum atomic E-state index is 5.53. The van der Waals surface area contributed by atoms with Crippen LogP contribution in [0.25, 0.3) is 0 Å². The number of nitrogens with one attached hydrogen (secondary N) is 1. The molecule has 1 aromatic rings. The summed E-state index contributed by atoms with van der Waals surface area (Å²) in [4.78, 5) is 0. The number of ether oxygens (including phenoxy) is 1. The minimum absolute atomic E-state index is 0.440. The topological polar surface area (TPSA) is 26.2 Å². The zero-order chi connectivity index (χ0) is 9.80. The lowest BCUT2D eigenvalue weighted by Gasteiger charge is -2.10. The molecule has 0 radical (unpaired) electrons. The van der Waals surface area contributed by atoms with E-state index in [1.807, 2.05) is 0 Å². The van der Waals surface area contributed by atoms with Gasteiger partial charge in [0.25, 0.3) is 0 Å². The van der Waals surface area contributed by atoms with E-state index in [2.05, 4.69) is 35.3 Å². The highest BCUT2D eigenvalue weighted by Gasteiger charge is 2.14. The molecule has 1 fully saturated rings. The van der Waals surface area contributed by atoms with Gasteiger partial charge in [-0.1, -0.05) is 0 Å². The van der Waals surface area contributed by atoms with Crippen LogP contribution < -0.4 is 5.32 Å². The summed E-state index contributed by atoms with van der Waals surface area (Å²) in [5.74, 6) is 0. The van der Waals surface area contributed by atoms with Gasteiger partial charge in [0, 0.05) is 38.6 Å². The van der Waals surface area contributed by atoms with Crippen molar-refractivity contribution in [3.05, 3.63) is 24.0 Å². The predicted octanol–water partition coefficient (Wildman–Crippen LogP) is 1.29. The van der Waals surface area contributed by atoms with Crippen LogP contribution in [0.3, 0.4) is 0 Å². The van der Waals surface area contributed by atoms with E-state index < -0.39 is 0 Å². The minimum atomic E-state index is 0.440. The van der Waals surface area contributed by atoms with Crippen molar-refractivity contribution >= 4 is 0 Å². The Labute approximate surface area is 85.1 Å². The second kappa shape index (κ2) is 4.62. The smallest absolute Gasteiger partial charge is 0.0700 e. The highest BCUT2D eigenvalue weighted by Crippen LogP contribution is 2.10. The van der Waals surface area contributed by atoms with Gasteiger partial charge >= 0.3 is 0 Å². The van der Waals surface area contributed by atoms with Gasteiger partial charge in [-0.15, -0.1) is 0 Å². The predicted molar refractivity (Wildman–Crippen MR) is 56.1 cm³/mol. The van der Waals surface area contributed by atoms with Crippen molar-refractivity contribution in [1.29, 1.82) is 0 Å². The van der Waals surface area contributed by atoms with Gasteiger partial charge < -0.3 is 14.6 Å². The Hall–Kier alpha value is -0.800. The molecule has 0 aromatic carbocycles. The Balaban J connectivity index is 1.70. The summed E-state index contributed by atoms with van der Waals surface area (Å²) in [6.07, 6.45) is 4.94.